The van der Waals surface area contributed by atoms with Gasteiger partial charge in [-0.25, -0.2) is 0 Å². The Bertz CT molecular complexity index is 1480. The Morgan fingerprint density at radius 1 is 0.367 bits per heavy atom. The van der Waals surface area contributed by atoms with Gasteiger partial charge >= 0.3 is 0 Å². The van der Waals surface area contributed by atoms with E-state index in [1.807, 2.05) is 6.08 Å². The topological polar surface area (TPSA) is 149 Å². The number of amides is 1. The number of ether oxygens (including phenoxy) is 2. The summed E-state index contributed by atoms with van der Waals surface area (Å²) < 4.78 is 11.3. The fourth-order valence-corrected chi connectivity index (χ4v) is 13.5. The first-order valence-electron chi connectivity index (χ1n) is 40.6. The van der Waals surface area contributed by atoms with Gasteiger partial charge in [0, 0.05) is 6.42 Å². The molecular formula is C81H157NO8. The highest BCUT2D eigenvalue weighted by molar-refractivity contribution is 5.76. The van der Waals surface area contributed by atoms with Crippen molar-refractivity contribution in [3.05, 3.63) is 24.3 Å². The predicted molar refractivity (Wildman–Crippen MR) is 387 cm³/mol. The molecule has 7 atom stereocenters. The monoisotopic (exact) mass is 1270 g/mol. The van der Waals surface area contributed by atoms with Crippen LogP contribution in [0, 0.1) is 0 Å². The Labute approximate surface area is 559 Å². The molecule has 1 rings (SSSR count). The van der Waals surface area contributed by atoms with Crippen molar-refractivity contribution in [3.8, 4) is 0 Å². The molecule has 534 valence electrons. The molecule has 0 spiro atoms. The van der Waals surface area contributed by atoms with E-state index in [2.05, 4.69) is 31.3 Å². The van der Waals surface area contributed by atoms with Gasteiger partial charge in [-0.05, 0) is 32.1 Å². The molecule has 0 saturated carbocycles. The highest BCUT2D eigenvalue weighted by Gasteiger charge is 2.44. The van der Waals surface area contributed by atoms with Gasteiger partial charge in [-0.2, -0.15) is 0 Å². The molecule has 1 aliphatic heterocycles. The first-order chi connectivity index (χ1) is 44.3. The second-order valence-corrected chi connectivity index (χ2v) is 28.6. The molecule has 0 aromatic heterocycles. The van der Waals surface area contributed by atoms with Gasteiger partial charge in [0.1, 0.15) is 24.4 Å². The molecule has 1 saturated heterocycles. The summed E-state index contributed by atoms with van der Waals surface area (Å²) in [5.41, 5.74) is 0. The molecule has 6 N–H and O–H groups in total. The lowest BCUT2D eigenvalue weighted by molar-refractivity contribution is -0.302. The summed E-state index contributed by atoms with van der Waals surface area (Å²) in [4.78, 5) is 13.2. The minimum absolute atomic E-state index is 0.176. The Kier molecular flexibility index (Phi) is 67.9. The zero-order valence-corrected chi connectivity index (χ0v) is 60.2. The number of rotatable bonds is 73. The third-order valence-corrected chi connectivity index (χ3v) is 19.8. The number of carbonyl (C=O) groups excluding carboxylic acids is 1. The summed E-state index contributed by atoms with van der Waals surface area (Å²) in [5, 5.41) is 54.9. The van der Waals surface area contributed by atoms with Crippen molar-refractivity contribution in [2.45, 2.75) is 474 Å². The van der Waals surface area contributed by atoms with Crippen molar-refractivity contribution < 1.29 is 39.8 Å². The maximum Gasteiger partial charge on any atom is 0.220 e. The fourth-order valence-electron chi connectivity index (χ4n) is 13.5. The van der Waals surface area contributed by atoms with Crippen LogP contribution in [-0.4, -0.2) is 87.5 Å². The van der Waals surface area contributed by atoms with Crippen LogP contribution in [-0.2, 0) is 14.3 Å². The van der Waals surface area contributed by atoms with Gasteiger partial charge in [0.15, 0.2) is 6.29 Å². The molecule has 0 aliphatic carbocycles. The van der Waals surface area contributed by atoms with E-state index < -0.39 is 49.5 Å². The van der Waals surface area contributed by atoms with E-state index >= 15 is 0 Å². The Balaban J connectivity index is 2.04. The van der Waals surface area contributed by atoms with Crippen LogP contribution in [0.4, 0.5) is 0 Å². The Hall–Kier alpha value is -1.33. The third kappa shape index (κ3) is 58.1. The van der Waals surface area contributed by atoms with E-state index in [1.54, 1.807) is 6.08 Å². The van der Waals surface area contributed by atoms with Crippen molar-refractivity contribution in [2.24, 2.45) is 0 Å². The average molecular weight is 1270 g/mol. The molecule has 0 aromatic carbocycles. The van der Waals surface area contributed by atoms with Gasteiger partial charge in [-0.1, -0.05) is 417 Å². The number of nitrogens with one attached hydrogen (secondary N) is 1. The SMILES string of the molecule is CCCCCCCCCCCCCCCCCCCCCCC/C=C/CC/C=C/C(O)C(COC1OC(CO)C(O)C(O)C1O)NC(=O)CCCCCCCCCCCCCCCCCCCCCCCCCCCCCCCCCCCCCCCCCC. The van der Waals surface area contributed by atoms with Crippen LogP contribution in [0.5, 0.6) is 0 Å². The zero-order valence-electron chi connectivity index (χ0n) is 60.2. The summed E-state index contributed by atoms with van der Waals surface area (Å²) in [7, 11) is 0. The van der Waals surface area contributed by atoms with Crippen LogP contribution in [0.15, 0.2) is 24.3 Å². The molecule has 1 aliphatic rings. The van der Waals surface area contributed by atoms with Crippen LogP contribution < -0.4 is 5.32 Å². The van der Waals surface area contributed by atoms with E-state index in [1.165, 1.54) is 372 Å². The summed E-state index contributed by atoms with van der Waals surface area (Å²) in [6.45, 7) is 3.84. The molecule has 1 heterocycles. The minimum atomic E-state index is -1.57. The van der Waals surface area contributed by atoms with Crippen molar-refractivity contribution in [2.75, 3.05) is 13.2 Å². The molecule has 1 amide bonds. The summed E-state index contributed by atoms with van der Waals surface area (Å²) in [6.07, 6.45) is 87.8. The Morgan fingerprint density at radius 3 is 0.933 bits per heavy atom. The van der Waals surface area contributed by atoms with Gasteiger partial charge in [-0.15, -0.1) is 0 Å². The number of unbranched alkanes of at least 4 members (excludes halogenated alkanes) is 61. The normalized spacial score (nSPS) is 17.8. The van der Waals surface area contributed by atoms with E-state index in [0.717, 1.165) is 38.5 Å². The number of aliphatic hydroxyl groups excluding tert-OH is 5. The van der Waals surface area contributed by atoms with Crippen LogP contribution in [0.1, 0.15) is 431 Å². The molecule has 9 heteroatoms. The highest BCUT2D eigenvalue weighted by atomic mass is 16.7. The molecule has 7 unspecified atom stereocenters. The molecule has 0 bridgehead atoms. The number of aliphatic hydroxyl groups is 5. The van der Waals surface area contributed by atoms with Crippen LogP contribution in [0.3, 0.4) is 0 Å². The largest absolute Gasteiger partial charge is 0.394 e. The summed E-state index contributed by atoms with van der Waals surface area (Å²) in [5.74, 6) is -0.176. The fraction of sp³-hybridized carbons (Fsp3) is 0.938. The number of allylic oxidation sites excluding steroid dienone is 3. The van der Waals surface area contributed by atoms with Gasteiger partial charge in [0.2, 0.25) is 5.91 Å². The van der Waals surface area contributed by atoms with E-state index in [4.69, 9.17) is 9.47 Å². The van der Waals surface area contributed by atoms with Gasteiger partial charge in [0.25, 0.3) is 0 Å². The molecule has 0 radical (unpaired) electrons. The summed E-state index contributed by atoms with van der Waals surface area (Å²) >= 11 is 0. The lowest BCUT2D eigenvalue weighted by Crippen LogP contribution is -2.60. The third-order valence-electron chi connectivity index (χ3n) is 19.8. The number of hydrogen-bond acceptors (Lipinski definition) is 8. The maximum atomic E-state index is 13.2. The number of carbonyl (C=O) groups is 1. The van der Waals surface area contributed by atoms with Crippen LogP contribution >= 0.6 is 0 Å². The zero-order chi connectivity index (χ0) is 64.9. The second kappa shape index (κ2) is 70.5. The van der Waals surface area contributed by atoms with Gasteiger partial charge < -0.3 is 40.3 Å². The predicted octanol–water partition coefficient (Wildman–Crippen LogP) is 23.2. The first-order valence-corrected chi connectivity index (χ1v) is 40.6. The summed E-state index contributed by atoms with van der Waals surface area (Å²) in [6, 6.07) is -0.821. The second-order valence-electron chi connectivity index (χ2n) is 28.6. The smallest absolute Gasteiger partial charge is 0.220 e. The highest BCUT2D eigenvalue weighted by Crippen LogP contribution is 2.24. The van der Waals surface area contributed by atoms with E-state index in [0.29, 0.717) is 6.42 Å². The molecule has 0 aromatic rings. The van der Waals surface area contributed by atoms with Crippen molar-refractivity contribution in [1.82, 2.24) is 5.32 Å². The van der Waals surface area contributed by atoms with Gasteiger partial charge in [-0.3, -0.25) is 4.79 Å². The van der Waals surface area contributed by atoms with Gasteiger partial charge in [0.05, 0.1) is 25.4 Å². The molecule has 1 fully saturated rings. The average Bonchev–Trinajstić information content (AvgIpc) is 1.27. The Morgan fingerprint density at radius 2 is 0.633 bits per heavy atom. The lowest BCUT2D eigenvalue weighted by atomic mass is 9.99. The molecular weight excluding hydrogens is 1110 g/mol. The lowest BCUT2D eigenvalue weighted by Gasteiger charge is -2.40. The van der Waals surface area contributed by atoms with Crippen molar-refractivity contribution in [3.63, 3.8) is 0 Å². The minimum Gasteiger partial charge on any atom is -0.394 e. The van der Waals surface area contributed by atoms with Crippen LogP contribution in [0.2, 0.25) is 0 Å². The van der Waals surface area contributed by atoms with E-state index in [9.17, 15) is 30.3 Å². The molecule has 9 nitrogen and oxygen atoms in total. The van der Waals surface area contributed by atoms with E-state index in [-0.39, 0.29) is 12.5 Å². The van der Waals surface area contributed by atoms with Crippen molar-refractivity contribution >= 4 is 5.91 Å². The standard InChI is InChI=1S/C81H157NO8/c1-3-5-7-9-11-13-15-17-19-21-23-25-27-29-31-32-33-34-35-36-37-38-39-40-41-42-43-45-47-49-51-53-55-57-59-61-63-65-67-69-71-77(85)82-74(73-89-81-80(88)79(87)78(86)76(72-83)90-81)75(84)70-68-66-64-62-60-58-56-54-52-50-48-46-44-30-28-26-24-22-20-18-16-14-12-10-8-6-4-2/h60,62,68,70,74-76,78-81,83-84,86-88H,3-59,61,63-67,69,71-73H2,1-2H3,(H,82,85)/b62-60+,70-68+. The molecule has 90 heavy (non-hydrogen) atoms. The van der Waals surface area contributed by atoms with Crippen molar-refractivity contribution in [1.29, 1.82) is 0 Å². The van der Waals surface area contributed by atoms with Crippen LogP contribution in [0.25, 0.3) is 0 Å². The number of hydrogen-bond donors (Lipinski definition) is 6. The maximum absolute atomic E-state index is 13.2. The quantitative estimate of drug-likeness (QED) is 0.0261. The first kappa shape index (κ1) is 86.7.